The van der Waals surface area contributed by atoms with Crippen LogP contribution in [0.5, 0.6) is 0 Å². The van der Waals surface area contributed by atoms with E-state index in [0.717, 1.165) is 4.31 Å². The molecule has 0 aliphatic heterocycles. The number of rotatable bonds is 8. The van der Waals surface area contributed by atoms with Crippen LogP contribution in [0.1, 0.15) is 11.3 Å². The minimum absolute atomic E-state index is 0.00369. The molecule has 3 rings (SSSR count). The van der Waals surface area contributed by atoms with Crippen molar-refractivity contribution in [2.24, 2.45) is 5.10 Å². The molecule has 1 heterocycles. The van der Waals surface area contributed by atoms with Gasteiger partial charge in [0, 0.05) is 11.6 Å². The van der Waals surface area contributed by atoms with Crippen molar-refractivity contribution in [1.82, 2.24) is 9.73 Å². The first-order valence-electron chi connectivity index (χ1n) is 8.60. The standard InChI is InChI=1S/C20H18ClN3O4S/c21-17-10-8-16(9-11-17)14-24(29(26,27)19-6-2-1-3-7-19)15-20(25)23-22-13-18-5-4-12-28-18/h1-13H,14-15H2,(H,23,25). The summed E-state index contributed by atoms with van der Waals surface area (Å²) in [6, 6.07) is 18.0. The Hall–Kier alpha value is -2.94. The van der Waals surface area contributed by atoms with E-state index >= 15 is 0 Å². The lowest BCUT2D eigenvalue weighted by atomic mass is 10.2. The van der Waals surface area contributed by atoms with E-state index in [-0.39, 0.29) is 11.4 Å². The van der Waals surface area contributed by atoms with Gasteiger partial charge < -0.3 is 4.42 Å². The molecule has 0 bridgehead atoms. The van der Waals surface area contributed by atoms with Gasteiger partial charge in [0.25, 0.3) is 5.91 Å². The molecule has 0 atom stereocenters. The predicted molar refractivity (Wildman–Crippen MR) is 110 cm³/mol. The SMILES string of the molecule is O=C(CN(Cc1ccc(Cl)cc1)S(=O)(=O)c1ccccc1)NN=Cc1ccco1. The first kappa shape index (κ1) is 20.8. The van der Waals surface area contributed by atoms with Crippen LogP contribution >= 0.6 is 11.6 Å². The molecule has 1 aromatic heterocycles. The maximum atomic E-state index is 13.1. The van der Waals surface area contributed by atoms with Gasteiger partial charge in [0.1, 0.15) is 5.76 Å². The molecule has 0 aliphatic carbocycles. The van der Waals surface area contributed by atoms with Gasteiger partial charge in [-0.3, -0.25) is 4.79 Å². The number of amides is 1. The number of nitrogens with zero attached hydrogens (tertiary/aromatic N) is 2. The third kappa shape index (κ3) is 5.77. The lowest BCUT2D eigenvalue weighted by Crippen LogP contribution is -2.39. The van der Waals surface area contributed by atoms with Gasteiger partial charge in [-0.2, -0.15) is 9.41 Å². The normalized spacial score (nSPS) is 11.8. The summed E-state index contributed by atoms with van der Waals surface area (Å²) in [5, 5.41) is 4.32. The number of hydrogen-bond acceptors (Lipinski definition) is 5. The van der Waals surface area contributed by atoms with Gasteiger partial charge in [-0.1, -0.05) is 41.9 Å². The van der Waals surface area contributed by atoms with Crippen LogP contribution in [0, 0.1) is 0 Å². The number of hydrazone groups is 1. The lowest BCUT2D eigenvalue weighted by molar-refractivity contribution is -0.121. The Morgan fingerprint density at radius 2 is 1.79 bits per heavy atom. The van der Waals surface area contributed by atoms with Crippen LogP contribution in [0.2, 0.25) is 5.02 Å². The third-order valence-electron chi connectivity index (χ3n) is 3.90. The third-order valence-corrected chi connectivity index (χ3v) is 5.96. The number of carbonyl (C=O) groups excluding carboxylic acids is 1. The van der Waals surface area contributed by atoms with Gasteiger partial charge in [0.2, 0.25) is 10.0 Å². The quantitative estimate of drug-likeness (QED) is 0.437. The summed E-state index contributed by atoms with van der Waals surface area (Å²) in [4.78, 5) is 12.4. The van der Waals surface area contributed by atoms with E-state index in [9.17, 15) is 13.2 Å². The zero-order valence-electron chi connectivity index (χ0n) is 15.2. The molecule has 0 fully saturated rings. The lowest BCUT2D eigenvalue weighted by Gasteiger charge is -2.21. The Morgan fingerprint density at radius 1 is 1.07 bits per heavy atom. The number of benzene rings is 2. The van der Waals surface area contributed by atoms with Crippen molar-refractivity contribution in [3.8, 4) is 0 Å². The van der Waals surface area contributed by atoms with E-state index < -0.39 is 22.5 Å². The van der Waals surface area contributed by atoms with Gasteiger partial charge in [-0.15, -0.1) is 0 Å². The highest BCUT2D eigenvalue weighted by Gasteiger charge is 2.26. The van der Waals surface area contributed by atoms with Crippen LogP contribution in [0.3, 0.4) is 0 Å². The van der Waals surface area contributed by atoms with Crippen molar-refractivity contribution in [2.75, 3.05) is 6.54 Å². The fraction of sp³-hybridized carbons (Fsp3) is 0.100. The number of halogens is 1. The summed E-state index contributed by atoms with van der Waals surface area (Å²) in [6.07, 6.45) is 2.80. The van der Waals surface area contributed by atoms with Crippen LogP contribution in [-0.4, -0.2) is 31.4 Å². The zero-order valence-corrected chi connectivity index (χ0v) is 16.8. The molecule has 2 aromatic carbocycles. The Balaban J connectivity index is 1.78. The fourth-order valence-corrected chi connectivity index (χ4v) is 4.02. The molecule has 0 unspecified atom stereocenters. The Kier molecular flexibility index (Phi) is 6.82. The Labute approximate surface area is 173 Å². The zero-order chi connectivity index (χ0) is 20.7. The number of hydrogen-bond donors (Lipinski definition) is 1. The van der Waals surface area contributed by atoms with Gasteiger partial charge >= 0.3 is 0 Å². The molecule has 3 aromatic rings. The summed E-state index contributed by atoms with van der Waals surface area (Å²) in [5.41, 5.74) is 3.01. The number of sulfonamides is 1. The van der Waals surface area contributed by atoms with Crippen molar-refractivity contribution in [1.29, 1.82) is 0 Å². The van der Waals surface area contributed by atoms with Crippen molar-refractivity contribution in [3.05, 3.63) is 89.3 Å². The second-order valence-electron chi connectivity index (χ2n) is 6.02. The molecule has 7 nitrogen and oxygen atoms in total. The van der Waals surface area contributed by atoms with Crippen LogP contribution < -0.4 is 5.43 Å². The molecule has 0 saturated carbocycles. The highest BCUT2D eigenvalue weighted by molar-refractivity contribution is 7.89. The van der Waals surface area contributed by atoms with E-state index in [4.69, 9.17) is 16.0 Å². The van der Waals surface area contributed by atoms with Crippen molar-refractivity contribution < 1.29 is 17.6 Å². The van der Waals surface area contributed by atoms with Crippen molar-refractivity contribution >= 4 is 33.7 Å². The Bertz CT molecular complexity index is 1070. The van der Waals surface area contributed by atoms with Gasteiger partial charge in [-0.05, 0) is 42.0 Å². The first-order valence-corrected chi connectivity index (χ1v) is 10.4. The van der Waals surface area contributed by atoms with Crippen LogP contribution in [0.15, 0.2) is 87.4 Å². The Morgan fingerprint density at radius 3 is 2.45 bits per heavy atom. The molecule has 29 heavy (non-hydrogen) atoms. The van der Waals surface area contributed by atoms with Gasteiger partial charge in [0.15, 0.2) is 0 Å². The van der Waals surface area contributed by atoms with Crippen LogP contribution in [-0.2, 0) is 21.4 Å². The van der Waals surface area contributed by atoms with E-state index in [0.29, 0.717) is 16.3 Å². The molecule has 150 valence electrons. The monoisotopic (exact) mass is 431 g/mol. The minimum Gasteiger partial charge on any atom is -0.463 e. The van der Waals surface area contributed by atoms with E-state index in [1.54, 1.807) is 54.6 Å². The number of furan rings is 1. The summed E-state index contributed by atoms with van der Waals surface area (Å²) >= 11 is 5.90. The summed E-state index contributed by atoms with van der Waals surface area (Å²) in [5.74, 6) is -0.124. The molecule has 9 heteroatoms. The van der Waals surface area contributed by atoms with Gasteiger partial charge in [-0.25, -0.2) is 13.8 Å². The molecule has 0 aliphatic rings. The second-order valence-corrected chi connectivity index (χ2v) is 8.40. The number of carbonyl (C=O) groups is 1. The topological polar surface area (TPSA) is 92.0 Å². The second kappa shape index (κ2) is 9.51. The van der Waals surface area contributed by atoms with E-state index in [2.05, 4.69) is 10.5 Å². The predicted octanol–water partition coefficient (Wildman–Crippen LogP) is 3.27. The highest BCUT2D eigenvalue weighted by atomic mass is 35.5. The van der Waals surface area contributed by atoms with Crippen molar-refractivity contribution in [2.45, 2.75) is 11.4 Å². The molecular formula is C20H18ClN3O4S. The fourth-order valence-electron chi connectivity index (χ4n) is 2.49. The molecule has 0 spiro atoms. The average molecular weight is 432 g/mol. The van der Waals surface area contributed by atoms with E-state index in [1.807, 2.05) is 0 Å². The number of nitrogens with one attached hydrogen (secondary N) is 1. The van der Waals surface area contributed by atoms with Crippen LogP contribution in [0.4, 0.5) is 0 Å². The minimum atomic E-state index is -3.90. The summed E-state index contributed by atoms with van der Waals surface area (Å²) in [6.45, 7) is -0.404. The van der Waals surface area contributed by atoms with Crippen molar-refractivity contribution in [3.63, 3.8) is 0 Å². The maximum absolute atomic E-state index is 13.1. The summed E-state index contributed by atoms with van der Waals surface area (Å²) < 4.78 is 32.3. The maximum Gasteiger partial charge on any atom is 0.255 e. The molecule has 1 N–H and O–H groups in total. The molecule has 0 radical (unpaired) electrons. The molecule has 1 amide bonds. The average Bonchev–Trinajstić information content (AvgIpc) is 3.23. The molecular weight excluding hydrogens is 414 g/mol. The van der Waals surface area contributed by atoms with Crippen LogP contribution in [0.25, 0.3) is 0 Å². The van der Waals surface area contributed by atoms with E-state index in [1.165, 1.54) is 24.6 Å². The first-order chi connectivity index (χ1) is 13.9. The summed E-state index contributed by atoms with van der Waals surface area (Å²) in [7, 11) is -3.90. The molecule has 0 saturated heterocycles. The smallest absolute Gasteiger partial charge is 0.255 e. The largest absolute Gasteiger partial charge is 0.463 e. The van der Waals surface area contributed by atoms with Gasteiger partial charge in [0.05, 0.1) is 23.9 Å². The highest BCUT2D eigenvalue weighted by Crippen LogP contribution is 2.19.